The summed E-state index contributed by atoms with van der Waals surface area (Å²) in [6, 6.07) is 19.6. The molecule has 2 aromatic rings. The maximum atomic E-state index is 12.5. The molecule has 4 rings (SSSR count). The van der Waals surface area contributed by atoms with Gasteiger partial charge < -0.3 is 20.5 Å². The number of primary amides is 1. The number of nitrogens with zero attached hydrogens (tertiary/aromatic N) is 1. The molecule has 0 saturated carbocycles. The molecule has 0 radical (unpaired) electrons. The van der Waals surface area contributed by atoms with Crippen LogP contribution >= 0.6 is 0 Å². The van der Waals surface area contributed by atoms with Gasteiger partial charge in [-0.2, -0.15) is 0 Å². The Morgan fingerprint density at radius 2 is 1.57 bits per heavy atom. The van der Waals surface area contributed by atoms with Gasteiger partial charge in [-0.3, -0.25) is 9.69 Å². The first-order valence-electron chi connectivity index (χ1n) is 10.2. The molecule has 2 aliphatic heterocycles. The van der Waals surface area contributed by atoms with Crippen LogP contribution in [-0.2, 0) is 27.4 Å². The van der Waals surface area contributed by atoms with Crippen LogP contribution in [0.1, 0.15) is 24.0 Å². The van der Waals surface area contributed by atoms with Crippen LogP contribution in [0.25, 0.3) is 0 Å². The predicted molar refractivity (Wildman–Crippen MR) is 111 cm³/mol. The Bertz CT molecular complexity index is 861. The van der Waals surface area contributed by atoms with E-state index in [0.717, 1.165) is 12.1 Å². The molecule has 2 bridgehead atoms. The van der Waals surface area contributed by atoms with Gasteiger partial charge in [-0.25, -0.2) is 4.79 Å². The number of carbonyl (C=O) groups is 2. The van der Waals surface area contributed by atoms with Gasteiger partial charge in [-0.1, -0.05) is 60.7 Å². The third kappa shape index (κ3) is 4.47. The van der Waals surface area contributed by atoms with Crippen LogP contribution in [0.3, 0.4) is 0 Å². The standard InChI is InChI=1S/C23H27N3O4/c24-21(27)23(25-22(28)30-14-18-9-5-2-6-10-18)11-19-15-29-16-20(12-23)26(19)13-17-7-3-1-4-8-17/h1-10,19-20H,11-16H2,(H2,24,27)(H,25,28). The minimum absolute atomic E-state index is 0.0142. The summed E-state index contributed by atoms with van der Waals surface area (Å²) in [5.74, 6) is -0.532. The molecule has 0 aliphatic carbocycles. The van der Waals surface area contributed by atoms with E-state index in [2.05, 4.69) is 22.3 Å². The van der Waals surface area contributed by atoms with Crippen LogP contribution in [0.15, 0.2) is 60.7 Å². The number of amides is 2. The van der Waals surface area contributed by atoms with Crippen LogP contribution in [0.5, 0.6) is 0 Å². The van der Waals surface area contributed by atoms with Crippen molar-refractivity contribution in [2.45, 2.75) is 43.6 Å². The van der Waals surface area contributed by atoms with Crippen molar-refractivity contribution in [2.75, 3.05) is 13.2 Å². The molecule has 2 aliphatic rings. The second kappa shape index (κ2) is 8.85. The average Bonchev–Trinajstić information content (AvgIpc) is 2.74. The molecular formula is C23H27N3O4. The summed E-state index contributed by atoms with van der Waals surface area (Å²) in [4.78, 5) is 27.3. The number of piperidine rings is 1. The Morgan fingerprint density at radius 1 is 1.00 bits per heavy atom. The molecule has 2 heterocycles. The van der Waals surface area contributed by atoms with Crippen molar-refractivity contribution in [1.82, 2.24) is 10.2 Å². The summed E-state index contributed by atoms with van der Waals surface area (Å²) in [5.41, 5.74) is 6.73. The number of hydrogen-bond acceptors (Lipinski definition) is 5. The van der Waals surface area contributed by atoms with Gasteiger partial charge in [0.1, 0.15) is 12.1 Å². The fourth-order valence-electron chi connectivity index (χ4n) is 4.44. The number of nitrogens with two attached hydrogens (primary N) is 1. The zero-order chi connectivity index (χ0) is 21.0. The van der Waals surface area contributed by atoms with Crippen molar-refractivity contribution >= 4 is 12.0 Å². The van der Waals surface area contributed by atoms with E-state index in [1.54, 1.807) is 0 Å². The van der Waals surface area contributed by atoms with Crippen molar-refractivity contribution < 1.29 is 19.1 Å². The zero-order valence-electron chi connectivity index (χ0n) is 16.8. The lowest BCUT2D eigenvalue weighted by atomic mass is 9.77. The number of alkyl carbamates (subject to hydrolysis) is 1. The van der Waals surface area contributed by atoms with Gasteiger partial charge >= 0.3 is 6.09 Å². The van der Waals surface area contributed by atoms with Gasteiger partial charge in [-0.15, -0.1) is 0 Å². The van der Waals surface area contributed by atoms with Crippen molar-refractivity contribution in [2.24, 2.45) is 5.73 Å². The number of carbonyl (C=O) groups excluding carboxylic acids is 2. The van der Waals surface area contributed by atoms with Gasteiger partial charge in [0, 0.05) is 18.6 Å². The molecule has 2 saturated heterocycles. The average molecular weight is 409 g/mol. The summed E-state index contributed by atoms with van der Waals surface area (Å²) in [6.45, 7) is 1.91. The second-order valence-corrected chi connectivity index (χ2v) is 8.04. The lowest BCUT2D eigenvalue weighted by molar-refractivity contribution is -0.138. The Kier molecular flexibility index (Phi) is 6.01. The van der Waals surface area contributed by atoms with Crippen molar-refractivity contribution in [1.29, 1.82) is 0 Å². The van der Waals surface area contributed by atoms with Crippen molar-refractivity contribution in [3.8, 4) is 0 Å². The topological polar surface area (TPSA) is 93.9 Å². The first-order valence-corrected chi connectivity index (χ1v) is 10.2. The molecule has 2 atom stereocenters. The van der Waals surface area contributed by atoms with Gasteiger partial charge in [0.2, 0.25) is 5.91 Å². The molecule has 158 valence electrons. The van der Waals surface area contributed by atoms with E-state index in [1.165, 1.54) is 5.56 Å². The van der Waals surface area contributed by atoms with Gasteiger partial charge in [0.05, 0.1) is 13.2 Å². The molecule has 0 aromatic heterocycles. The van der Waals surface area contributed by atoms with E-state index in [4.69, 9.17) is 15.2 Å². The molecule has 7 heteroatoms. The highest BCUT2D eigenvalue weighted by Gasteiger charge is 2.51. The number of benzene rings is 2. The van der Waals surface area contributed by atoms with Gasteiger partial charge in [0.25, 0.3) is 0 Å². The van der Waals surface area contributed by atoms with E-state index >= 15 is 0 Å². The molecule has 2 unspecified atom stereocenters. The van der Waals surface area contributed by atoms with Gasteiger partial charge in [0.15, 0.2) is 0 Å². The lowest BCUT2D eigenvalue weighted by Crippen LogP contribution is -2.69. The number of ether oxygens (including phenoxy) is 2. The first kappa shape index (κ1) is 20.4. The largest absolute Gasteiger partial charge is 0.445 e. The third-order valence-electron chi connectivity index (χ3n) is 5.96. The normalized spacial score (nSPS) is 26.0. The first-order chi connectivity index (χ1) is 14.6. The van der Waals surface area contributed by atoms with Crippen LogP contribution in [0, 0.1) is 0 Å². The maximum Gasteiger partial charge on any atom is 0.408 e. The molecule has 30 heavy (non-hydrogen) atoms. The van der Waals surface area contributed by atoms with Crippen LogP contribution in [-0.4, -0.2) is 47.7 Å². The highest BCUT2D eigenvalue weighted by molar-refractivity contribution is 5.89. The minimum atomic E-state index is -1.14. The van der Waals surface area contributed by atoms with E-state index < -0.39 is 17.5 Å². The summed E-state index contributed by atoms with van der Waals surface area (Å²) in [5, 5.41) is 2.80. The molecule has 0 spiro atoms. The number of hydrogen-bond donors (Lipinski definition) is 2. The maximum absolute atomic E-state index is 12.5. The highest BCUT2D eigenvalue weighted by Crippen LogP contribution is 2.35. The molecule has 2 aromatic carbocycles. The summed E-state index contributed by atoms with van der Waals surface area (Å²) >= 11 is 0. The molecule has 3 N–H and O–H groups in total. The zero-order valence-corrected chi connectivity index (χ0v) is 16.8. The number of nitrogens with one attached hydrogen (secondary N) is 1. The smallest absolute Gasteiger partial charge is 0.408 e. The fraction of sp³-hybridized carbons (Fsp3) is 0.391. The number of morpholine rings is 1. The molecule has 2 fully saturated rings. The Morgan fingerprint density at radius 3 is 2.13 bits per heavy atom. The third-order valence-corrected chi connectivity index (χ3v) is 5.96. The quantitative estimate of drug-likeness (QED) is 0.763. The molecular weight excluding hydrogens is 382 g/mol. The molecule has 2 amide bonds. The number of rotatable bonds is 6. The Hall–Kier alpha value is -2.90. The van der Waals surface area contributed by atoms with E-state index in [9.17, 15) is 9.59 Å². The van der Waals surface area contributed by atoms with E-state index in [-0.39, 0.29) is 18.7 Å². The predicted octanol–water partition coefficient (Wildman–Crippen LogP) is 2.20. The second-order valence-electron chi connectivity index (χ2n) is 8.04. The highest BCUT2D eigenvalue weighted by atomic mass is 16.5. The fourth-order valence-corrected chi connectivity index (χ4v) is 4.44. The molecule has 7 nitrogen and oxygen atoms in total. The minimum Gasteiger partial charge on any atom is -0.445 e. The SMILES string of the molecule is NC(=O)C1(NC(=O)OCc2ccccc2)CC2COCC(C1)N2Cc1ccccc1. The monoisotopic (exact) mass is 409 g/mol. The van der Waals surface area contributed by atoms with Gasteiger partial charge in [-0.05, 0) is 24.0 Å². The lowest BCUT2D eigenvalue weighted by Gasteiger charge is -2.52. The summed E-state index contributed by atoms with van der Waals surface area (Å²) < 4.78 is 11.1. The number of fused-ring (bicyclic) bond motifs is 2. The Labute approximate surface area is 176 Å². The van der Waals surface area contributed by atoms with E-state index in [1.807, 2.05) is 48.5 Å². The van der Waals surface area contributed by atoms with Crippen LogP contribution < -0.4 is 11.1 Å². The van der Waals surface area contributed by atoms with Crippen molar-refractivity contribution in [3.05, 3.63) is 71.8 Å². The summed E-state index contributed by atoms with van der Waals surface area (Å²) in [7, 11) is 0. The van der Waals surface area contributed by atoms with Crippen LogP contribution in [0.4, 0.5) is 4.79 Å². The van der Waals surface area contributed by atoms with E-state index in [0.29, 0.717) is 26.1 Å². The Balaban J connectivity index is 1.44. The van der Waals surface area contributed by atoms with Crippen molar-refractivity contribution in [3.63, 3.8) is 0 Å². The summed E-state index contributed by atoms with van der Waals surface area (Å²) in [6.07, 6.45) is 0.159. The van der Waals surface area contributed by atoms with Crippen LogP contribution in [0.2, 0.25) is 0 Å².